The van der Waals surface area contributed by atoms with Gasteiger partial charge in [-0.2, -0.15) is 0 Å². The summed E-state index contributed by atoms with van der Waals surface area (Å²) in [5.74, 6) is -1.54. The third-order valence-corrected chi connectivity index (χ3v) is 5.74. The van der Waals surface area contributed by atoms with Gasteiger partial charge in [-0.15, -0.1) is 0 Å². The lowest BCUT2D eigenvalue weighted by atomic mass is 9.75. The van der Waals surface area contributed by atoms with Crippen LogP contribution in [0.1, 0.15) is 30.7 Å². The molecule has 154 valence electrons. The number of nitrogens with two attached hydrogens (primary N) is 1. The summed E-state index contributed by atoms with van der Waals surface area (Å²) in [6.45, 7) is 0. The standard InChI is InChI=1S/C23H20ClFN2O3/c1-30-23(29)21-19(13-5-7-14(24)8-6-13)20-17(3-2-4-18(20)28)27(22(21)26)16-11-9-15(25)10-12-16/h5-12,19H,2-4,26H2,1H3/t19-/m1/s1. The third kappa shape index (κ3) is 3.37. The van der Waals surface area contributed by atoms with Crippen molar-refractivity contribution in [3.05, 3.63) is 87.6 Å². The van der Waals surface area contributed by atoms with Gasteiger partial charge in [-0.05, 0) is 54.8 Å². The predicted molar refractivity (Wildman–Crippen MR) is 112 cm³/mol. The Bertz CT molecular complexity index is 1070. The number of esters is 1. The zero-order chi connectivity index (χ0) is 21.4. The first-order valence-electron chi connectivity index (χ1n) is 9.57. The van der Waals surface area contributed by atoms with Crippen LogP contribution in [0.15, 0.2) is 71.2 Å². The highest BCUT2D eigenvalue weighted by Gasteiger charge is 2.42. The molecule has 1 aliphatic heterocycles. The Morgan fingerprint density at radius 3 is 2.43 bits per heavy atom. The molecule has 1 atom stereocenters. The van der Waals surface area contributed by atoms with Crippen molar-refractivity contribution in [2.24, 2.45) is 5.73 Å². The van der Waals surface area contributed by atoms with Crippen LogP contribution in [-0.2, 0) is 14.3 Å². The quantitative estimate of drug-likeness (QED) is 0.735. The lowest BCUT2D eigenvalue weighted by Crippen LogP contribution is -2.40. The average Bonchev–Trinajstić information content (AvgIpc) is 2.74. The topological polar surface area (TPSA) is 72.6 Å². The number of rotatable bonds is 3. The summed E-state index contributed by atoms with van der Waals surface area (Å²) in [5, 5.41) is 0.545. The SMILES string of the molecule is COC(=O)C1=C(N)N(c2ccc(F)cc2)C2=C(C(=O)CCC2)[C@H]1c1ccc(Cl)cc1. The van der Waals surface area contributed by atoms with Gasteiger partial charge in [0.1, 0.15) is 11.6 Å². The maximum Gasteiger partial charge on any atom is 0.338 e. The van der Waals surface area contributed by atoms with E-state index in [1.807, 2.05) is 0 Å². The van der Waals surface area contributed by atoms with Crippen molar-refractivity contribution in [3.8, 4) is 0 Å². The highest BCUT2D eigenvalue weighted by molar-refractivity contribution is 6.30. The van der Waals surface area contributed by atoms with E-state index in [0.717, 1.165) is 11.3 Å². The molecule has 7 heteroatoms. The van der Waals surface area contributed by atoms with Crippen LogP contribution in [0.2, 0.25) is 5.02 Å². The second-order valence-corrected chi connectivity index (χ2v) is 7.66. The molecule has 5 nitrogen and oxygen atoms in total. The molecule has 0 aromatic heterocycles. The number of benzene rings is 2. The number of allylic oxidation sites excluding steroid dienone is 2. The summed E-state index contributed by atoms with van der Waals surface area (Å²) in [6.07, 6.45) is 1.66. The van der Waals surface area contributed by atoms with Crippen LogP contribution >= 0.6 is 11.6 Å². The van der Waals surface area contributed by atoms with E-state index in [-0.39, 0.29) is 23.0 Å². The van der Waals surface area contributed by atoms with E-state index in [1.165, 1.54) is 19.2 Å². The Kier molecular flexibility index (Phi) is 5.35. The van der Waals surface area contributed by atoms with Gasteiger partial charge in [0.2, 0.25) is 0 Å². The zero-order valence-electron chi connectivity index (χ0n) is 16.3. The van der Waals surface area contributed by atoms with Gasteiger partial charge < -0.3 is 10.5 Å². The molecule has 1 aliphatic carbocycles. The fraction of sp³-hybridized carbons (Fsp3) is 0.217. The molecule has 4 rings (SSSR count). The van der Waals surface area contributed by atoms with Crippen LogP contribution in [0.25, 0.3) is 0 Å². The largest absolute Gasteiger partial charge is 0.466 e. The van der Waals surface area contributed by atoms with Crippen LogP contribution in [0.3, 0.4) is 0 Å². The number of carbonyl (C=O) groups is 2. The fourth-order valence-corrected chi connectivity index (χ4v) is 4.30. The summed E-state index contributed by atoms with van der Waals surface area (Å²) in [7, 11) is 1.27. The number of anilines is 1. The molecule has 0 bridgehead atoms. The molecule has 2 aromatic rings. The van der Waals surface area contributed by atoms with Gasteiger partial charge in [0, 0.05) is 28.4 Å². The van der Waals surface area contributed by atoms with E-state index in [9.17, 15) is 14.0 Å². The molecule has 2 N–H and O–H groups in total. The molecule has 1 heterocycles. The van der Waals surface area contributed by atoms with Crippen molar-refractivity contribution in [3.63, 3.8) is 0 Å². The Morgan fingerprint density at radius 1 is 1.13 bits per heavy atom. The van der Waals surface area contributed by atoms with Crippen molar-refractivity contribution in [1.29, 1.82) is 0 Å². The number of halogens is 2. The minimum Gasteiger partial charge on any atom is -0.466 e. The fourth-order valence-electron chi connectivity index (χ4n) is 4.17. The molecule has 2 aromatic carbocycles. The summed E-state index contributed by atoms with van der Waals surface area (Å²) < 4.78 is 18.5. The van der Waals surface area contributed by atoms with Crippen LogP contribution in [-0.4, -0.2) is 18.9 Å². The van der Waals surface area contributed by atoms with Gasteiger partial charge in [0.15, 0.2) is 5.78 Å². The molecule has 30 heavy (non-hydrogen) atoms. The molecule has 2 aliphatic rings. The molecule has 0 amide bonds. The van der Waals surface area contributed by atoms with Crippen molar-refractivity contribution in [2.75, 3.05) is 12.0 Å². The van der Waals surface area contributed by atoms with Gasteiger partial charge in [-0.25, -0.2) is 9.18 Å². The van der Waals surface area contributed by atoms with Crippen molar-refractivity contribution < 1.29 is 18.7 Å². The van der Waals surface area contributed by atoms with Gasteiger partial charge in [0.05, 0.1) is 18.6 Å². The normalized spacial score (nSPS) is 19.1. The number of nitrogens with zero attached hydrogens (tertiary/aromatic N) is 1. The van der Waals surface area contributed by atoms with E-state index < -0.39 is 11.9 Å². The molecular formula is C23H20ClFN2O3. The molecule has 0 saturated heterocycles. The predicted octanol–water partition coefficient (Wildman–Crippen LogP) is 4.43. The first-order valence-corrected chi connectivity index (χ1v) is 9.95. The highest BCUT2D eigenvalue weighted by atomic mass is 35.5. The molecular weight excluding hydrogens is 407 g/mol. The van der Waals surface area contributed by atoms with Gasteiger partial charge in [-0.3, -0.25) is 9.69 Å². The van der Waals surface area contributed by atoms with Crippen molar-refractivity contribution in [1.82, 2.24) is 0 Å². The lowest BCUT2D eigenvalue weighted by molar-refractivity contribution is -0.136. The molecule has 0 spiro atoms. The Labute approximate surface area is 178 Å². The number of carbonyl (C=O) groups excluding carboxylic acids is 2. The second kappa shape index (κ2) is 7.95. The number of methoxy groups -OCH3 is 1. The first-order chi connectivity index (χ1) is 14.4. The number of hydrogen-bond donors (Lipinski definition) is 1. The smallest absolute Gasteiger partial charge is 0.338 e. The number of ketones is 1. The van der Waals surface area contributed by atoms with E-state index >= 15 is 0 Å². The summed E-state index contributed by atoms with van der Waals surface area (Å²) >= 11 is 6.04. The minimum absolute atomic E-state index is 0.0442. The van der Waals surface area contributed by atoms with Crippen molar-refractivity contribution >= 4 is 29.0 Å². The summed E-state index contributed by atoms with van der Waals surface area (Å²) in [4.78, 5) is 27.6. The maximum atomic E-state index is 13.5. The number of ether oxygens (including phenoxy) is 1. The third-order valence-electron chi connectivity index (χ3n) is 5.49. The van der Waals surface area contributed by atoms with Gasteiger partial charge in [-0.1, -0.05) is 23.7 Å². The molecule has 0 radical (unpaired) electrons. The van der Waals surface area contributed by atoms with Crippen molar-refractivity contribution in [2.45, 2.75) is 25.2 Å². The highest BCUT2D eigenvalue weighted by Crippen LogP contribution is 2.46. The van der Waals surface area contributed by atoms with Gasteiger partial charge in [0.25, 0.3) is 0 Å². The van der Waals surface area contributed by atoms with Crippen LogP contribution in [0, 0.1) is 5.82 Å². The summed E-state index contributed by atoms with van der Waals surface area (Å²) in [5.41, 5.74) is 9.24. The lowest BCUT2D eigenvalue weighted by Gasteiger charge is -2.40. The summed E-state index contributed by atoms with van der Waals surface area (Å²) in [6, 6.07) is 12.8. The second-order valence-electron chi connectivity index (χ2n) is 7.22. The molecule has 0 saturated carbocycles. The minimum atomic E-state index is -0.658. The molecule has 0 unspecified atom stereocenters. The Balaban J connectivity index is 1.99. The van der Waals surface area contributed by atoms with E-state index in [1.54, 1.807) is 41.3 Å². The van der Waals surface area contributed by atoms with Gasteiger partial charge >= 0.3 is 5.97 Å². The van der Waals surface area contributed by atoms with E-state index in [4.69, 9.17) is 22.1 Å². The Hall–Kier alpha value is -3.12. The average molecular weight is 427 g/mol. The van der Waals surface area contributed by atoms with Crippen LogP contribution in [0.5, 0.6) is 0 Å². The zero-order valence-corrected chi connectivity index (χ0v) is 17.1. The van der Waals surface area contributed by atoms with E-state index in [2.05, 4.69) is 0 Å². The molecule has 0 fully saturated rings. The number of Topliss-reactive ketones (excluding diaryl/α,β-unsaturated/α-hetero) is 1. The number of hydrogen-bond acceptors (Lipinski definition) is 5. The first kappa shape index (κ1) is 20.2. The van der Waals surface area contributed by atoms with E-state index in [0.29, 0.717) is 35.5 Å². The maximum absolute atomic E-state index is 13.5. The monoisotopic (exact) mass is 426 g/mol. The van der Waals surface area contributed by atoms with Crippen LogP contribution in [0.4, 0.5) is 10.1 Å². The Morgan fingerprint density at radius 2 is 1.80 bits per heavy atom. The van der Waals surface area contributed by atoms with Crippen LogP contribution < -0.4 is 10.6 Å².